The van der Waals surface area contributed by atoms with Gasteiger partial charge in [-0.15, -0.1) is 0 Å². The van der Waals surface area contributed by atoms with E-state index in [9.17, 15) is 5.11 Å². The lowest BCUT2D eigenvalue weighted by Crippen LogP contribution is -2.20. The van der Waals surface area contributed by atoms with Crippen molar-refractivity contribution in [3.05, 3.63) is 35.5 Å². The zero-order valence-corrected chi connectivity index (χ0v) is 13.8. The Hall–Kier alpha value is -2.30. The Labute approximate surface area is 137 Å². The summed E-state index contributed by atoms with van der Waals surface area (Å²) in [5.74, 6) is 1.94. The van der Waals surface area contributed by atoms with Crippen LogP contribution in [0.15, 0.2) is 24.3 Å². The maximum atomic E-state index is 9.65. The first-order valence-corrected chi connectivity index (χ1v) is 8.35. The monoisotopic (exact) mass is 312 g/mol. The van der Waals surface area contributed by atoms with Crippen molar-refractivity contribution in [3.8, 4) is 5.75 Å². The summed E-state index contributed by atoms with van der Waals surface area (Å²) < 4.78 is 0. The number of hydrogen-bond donors (Lipinski definition) is 2. The Morgan fingerprint density at radius 2 is 1.96 bits per heavy atom. The number of nitrogens with one attached hydrogen (secondary N) is 1. The topological polar surface area (TPSA) is 61.3 Å². The second-order valence-corrected chi connectivity index (χ2v) is 6.11. The molecule has 0 atom stereocenters. The van der Waals surface area contributed by atoms with Gasteiger partial charge in [-0.1, -0.05) is 13.3 Å². The van der Waals surface area contributed by atoms with E-state index in [-0.39, 0.29) is 0 Å². The minimum atomic E-state index is 0.300. The predicted molar refractivity (Wildman–Crippen MR) is 93.6 cm³/mol. The van der Waals surface area contributed by atoms with Crippen molar-refractivity contribution in [2.24, 2.45) is 0 Å². The molecule has 1 aromatic carbocycles. The zero-order valence-electron chi connectivity index (χ0n) is 13.8. The molecular weight excluding hydrogens is 288 g/mol. The lowest BCUT2D eigenvalue weighted by Gasteiger charge is -2.18. The van der Waals surface area contributed by atoms with Crippen molar-refractivity contribution < 1.29 is 5.11 Å². The molecule has 0 saturated carbocycles. The highest BCUT2D eigenvalue weighted by molar-refractivity contribution is 5.58. The van der Waals surface area contributed by atoms with Gasteiger partial charge >= 0.3 is 0 Å². The summed E-state index contributed by atoms with van der Waals surface area (Å²) >= 11 is 0. The first kappa shape index (κ1) is 15.6. The molecule has 2 N–H and O–H groups in total. The average Bonchev–Trinajstić information content (AvgIpc) is 3.06. The molecule has 0 aliphatic carbocycles. The number of phenols is 1. The van der Waals surface area contributed by atoms with Crippen LogP contribution in [0.1, 0.15) is 37.4 Å². The third-order valence-electron chi connectivity index (χ3n) is 4.15. The molecule has 5 heteroatoms. The summed E-state index contributed by atoms with van der Waals surface area (Å²) in [6, 6.07) is 7.55. The highest BCUT2D eigenvalue weighted by atomic mass is 16.3. The van der Waals surface area contributed by atoms with E-state index >= 15 is 0 Å². The van der Waals surface area contributed by atoms with Crippen molar-refractivity contribution in [2.75, 3.05) is 23.3 Å². The molecule has 1 saturated heterocycles. The van der Waals surface area contributed by atoms with Crippen molar-refractivity contribution >= 4 is 17.5 Å². The number of anilines is 3. The van der Waals surface area contributed by atoms with Crippen LogP contribution in [-0.2, 0) is 6.42 Å². The third kappa shape index (κ3) is 3.73. The highest BCUT2D eigenvalue weighted by Crippen LogP contribution is 2.25. The van der Waals surface area contributed by atoms with Crippen LogP contribution >= 0.6 is 0 Å². The number of benzene rings is 1. The van der Waals surface area contributed by atoms with Crippen molar-refractivity contribution in [1.82, 2.24) is 9.97 Å². The highest BCUT2D eigenvalue weighted by Gasteiger charge is 2.16. The molecule has 0 radical (unpaired) electrons. The van der Waals surface area contributed by atoms with E-state index < -0.39 is 0 Å². The van der Waals surface area contributed by atoms with Crippen LogP contribution in [0.25, 0.3) is 0 Å². The van der Waals surface area contributed by atoms with E-state index in [0.29, 0.717) is 11.7 Å². The standard InChI is InChI=1S/C18H24N4O/c1-3-6-14-12-17(22-9-4-5-10-22)21-18(19-14)20-15-7-8-16(23)13(2)11-15/h7-8,11-12,23H,3-6,9-10H2,1-2H3,(H,19,20,21). The normalized spacial score (nSPS) is 14.3. The lowest BCUT2D eigenvalue weighted by atomic mass is 10.2. The number of aromatic hydroxyl groups is 1. The summed E-state index contributed by atoms with van der Waals surface area (Å²) in [6.07, 6.45) is 4.47. The summed E-state index contributed by atoms with van der Waals surface area (Å²) in [7, 11) is 0. The second kappa shape index (κ2) is 6.86. The van der Waals surface area contributed by atoms with E-state index in [4.69, 9.17) is 0 Å². The predicted octanol–water partition coefficient (Wildman–Crippen LogP) is 3.79. The molecular formula is C18H24N4O. The van der Waals surface area contributed by atoms with Gasteiger partial charge in [0.1, 0.15) is 11.6 Å². The molecule has 1 fully saturated rings. The molecule has 0 unspecified atom stereocenters. The molecule has 2 aromatic rings. The van der Waals surface area contributed by atoms with Gasteiger partial charge in [-0.05, 0) is 49.9 Å². The van der Waals surface area contributed by atoms with Crippen molar-refractivity contribution in [2.45, 2.75) is 39.5 Å². The minimum Gasteiger partial charge on any atom is -0.508 e. The van der Waals surface area contributed by atoms with Crippen LogP contribution in [0.4, 0.5) is 17.5 Å². The molecule has 2 heterocycles. The molecule has 0 bridgehead atoms. The smallest absolute Gasteiger partial charge is 0.229 e. The first-order chi connectivity index (χ1) is 11.2. The average molecular weight is 312 g/mol. The van der Waals surface area contributed by atoms with E-state index in [1.165, 1.54) is 12.8 Å². The van der Waals surface area contributed by atoms with Gasteiger partial charge < -0.3 is 15.3 Å². The van der Waals surface area contributed by atoms with Crippen LogP contribution in [0, 0.1) is 6.92 Å². The number of hydrogen-bond acceptors (Lipinski definition) is 5. The Balaban J connectivity index is 1.88. The van der Waals surface area contributed by atoms with Gasteiger partial charge in [0.05, 0.1) is 0 Å². The largest absolute Gasteiger partial charge is 0.508 e. The lowest BCUT2D eigenvalue weighted by molar-refractivity contribution is 0.471. The zero-order chi connectivity index (χ0) is 16.2. The molecule has 3 rings (SSSR count). The summed E-state index contributed by atoms with van der Waals surface area (Å²) in [5.41, 5.74) is 2.79. The molecule has 1 aromatic heterocycles. The second-order valence-electron chi connectivity index (χ2n) is 6.11. The molecule has 1 aliphatic heterocycles. The molecule has 23 heavy (non-hydrogen) atoms. The Morgan fingerprint density at radius 3 is 2.65 bits per heavy atom. The SMILES string of the molecule is CCCc1cc(N2CCCC2)nc(Nc2ccc(O)c(C)c2)n1. The summed E-state index contributed by atoms with van der Waals surface area (Å²) in [6.45, 7) is 6.18. The fourth-order valence-electron chi connectivity index (χ4n) is 2.89. The van der Waals surface area contributed by atoms with Crippen molar-refractivity contribution in [3.63, 3.8) is 0 Å². The molecule has 1 aliphatic rings. The van der Waals surface area contributed by atoms with E-state index in [2.05, 4.69) is 33.2 Å². The van der Waals surface area contributed by atoms with Crippen molar-refractivity contribution in [1.29, 1.82) is 0 Å². The maximum Gasteiger partial charge on any atom is 0.229 e. The Morgan fingerprint density at radius 1 is 1.17 bits per heavy atom. The number of nitrogens with zero attached hydrogens (tertiary/aromatic N) is 3. The van der Waals surface area contributed by atoms with Gasteiger partial charge in [-0.3, -0.25) is 0 Å². The summed E-state index contributed by atoms with van der Waals surface area (Å²) in [5, 5.41) is 12.9. The Kier molecular flexibility index (Phi) is 4.65. The number of aryl methyl sites for hydroxylation is 2. The third-order valence-corrected chi connectivity index (χ3v) is 4.15. The fraction of sp³-hybridized carbons (Fsp3) is 0.444. The van der Waals surface area contributed by atoms with E-state index in [1.807, 2.05) is 19.1 Å². The van der Waals surface area contributed by atoms with Gasteiger partial charge in [0, 0.05) is 30.5 Å². The minimum absolute atomic E-state index is 0.300. The van der Waals surface area contributed by atoms with Gasteiger partial charge in [0.2, 0.25) is 5.95 Å². The van der Waals surface area contributed by atoms with Crippen LogP contribution in [0.5, 0.6) is 5.75 Å². The van der Waals surface area contributed by atoms with Crippen LogP contribution in [-0.4, -0.2) is 28.2 Å². The van der Waals surface area contributed by atoms with Gasteiger partial charge in [-0.2, -0.15) is 4.98 Å². The number of rotatable bonds is 5. The van der Waals surface area contributed by atoms with Crippen LogP contribution < -0.4 is 10.2 Å². The molecule has 0 amide bonds. The molecule has 0 spiro atoms. The van der Waals surface area contributed by atoms with E-state index in [1.54, 1.807) is 6.07 Å². The Bertz CT molecular complexity index is 681. The summed E-state index contributed by atoms with van der Waals surface area (Å²) in [4.78, 5) is 11.6. The van der Waals surface area contributed by atoms with Gasteiger partial charge in [-0.25, -0.2) is 4.98 Å². The molecule has 122 valence electrons. The molecule has 5 nitrogen and oxygen atoms in total. The number of phenolic OH excluding ortho intramolecular Hbond substituents is 1. The van der Waals surface area contributed by atoms with Gasteiger partial charge in [0.15, 0.2) is 0 Å². The fourth-order valence-corrected chi connectivity index (χ4v) is 2.89. The maximum absolute atomic E-state index is 9.65. The van der Waals surface area contributed by atoms with E-state index in [0.717, 1.165) is 48.7 Å². The number of aromatic nitrogens is 2. The van der Waals surface area contributed by atoms with Gasteiger partial charge in [0.25, 0.3) is 0 Å². The quantitative estimate of drug-likeness (QED) is 0.823. The first-order valence-electron chi connectivity index (χ1n) is 8.35. The van der Waals surface area contributed by atoms with Crippen LogP contribution in [0.3, 0.4) is 0 Å². The van der Waals surface area contributed by atoms with Crippen LogP contribution in [0.2, 0.25) is 0 Å².